The molecular weight excluding hydrogens is 297 g/mol. The molecule has 0 aromatic heterocycles. The second-order valence-corrected chi connectivity index (χ2v) is 5.01. The van der Waals surface area contributed by atoms with Crippen LogP contribution in [0.15, 0.2) is 42.5 Å². The number of halogens is 3. The Morgan fingerprint density at radius 3 is 2.55 bits per heavy atom. The predicted molar refractivity (Wildman–Crippen MR) is 71.7 cm³/mol. The van der Waals surface area contributed by atoms with Crippen molar-refractivity contribution in [2.24, 2.45) is 0 Å². The molecule has 1 aliphatic heterocycles. The molecular formula is C16H11F3O3. The molecule has 0 radical (unpaired) electrons. The SMILES string of the molecule is O=C(O)C1c2ccccc2COc2ccc(C(F)(F)F)cc21. The molecule has 0 saturated heterocycles. The topological polar surface area (TPSA) is 46.5 Å². The summed E-state index contributed by atoms with van der Waals surface area (Å²) in [6.45, 7) is 0.123. The maximum Gasteiger partial charge on any atom is 0.416 e. The van der Waals surface area contributed by atoms with Crippen LogP contribution in [0.4, 0.5) is 13.2 Å². The van der Waals surface area contributed by atoms with E-state index in [4.69, 9.17) is 4.74 Å². The third-order valence-corrected chi connectivity index (χ3v) is 3.64. The zero-order valence-electron chi connectivity index (χ0n) is 11.2. The van der Waals surface area contributed by atoms with Crippen LogP contribution in [0.1, 0.15) is 28.2 Å². The van der Waals surface area contributed by atoms with Crippen LogP contribution in [0.5, 0.6) is 5.75 Å². The molecule has 114 valence electrons. The molecule has 3 nitrogen and oxygen atoms in total. The van der Waals surface area contributed by atoms with Gasteiger partial charge in [0.05, 0.1) is 5.56 Å². The van der Waals surface area contributed by atoms with Gasteiger partial charge in [0.1, 0.15) is 18.3 Å². The monoisotopic (exact) mass is 308 g/mol. The first-order valence-corrected chi connectivity index (χ1v) is 6.52. The molecule has 3 rings (SSSR count). The van der Waals surface area contributed by atoms with Gasteiger partial charge in [0, 0.05) is 5.56 Å². The fourth-order valence-electron chi connectivity index (χ4n) is 2.62. The molecule has 2 aromatic carbocycles. The molecule has 0 amide bonds. The predicted octanol–water partition coefficient (Wildman–Crippen LogP) is 3.81. The van der Waals surface area contributed by atoms with Crippen molar-refractivity contribution in [2.45, 2.75) is 18.7 Å². The smallest absolute Gasteiger partial charge is 0.416 e. The van der Waals surface area contributed by atoms with Crippen molar-refractivity contribution < 1.29 is 27.8 Å². The highest BCUT2D eigenvalue weighted by atomic mass is 19.4. The highest BCUT2D eigenvalue weighted by Gasteiger charge is 2.35. The van der Waals surface area contributed by atoms with Crippen molar-refractivity contribution >= 4 is 5.97 Å². The zero-order valence-corrected chi connectivity index (χ0v) is 11.2. The maximum atomic E-state index is 12.9. The van der Waals surface area contributed by atoms with Crippen LogP contribution in [0.2, 0.25) is 0 Å². The molecule has 22 heavy (non-hydrogen) atoms. The standard InChI is InChI=1S/C16H11F3O3/c17-16(18,19)10-5-6-13-12(7-10)14(15(20)21)11-4-2-1-3-9(11)8-22-13/h1-7,14H,8H2,(H,20,21). The van der Waals surface area contributed by atoms with E-state index in [1.165, 1.54) is 6.07 Å². The second kappa shape index (κ2) is 5.05. The van der Waals surface area contributed by atoms with Crippen molar-refractivity contribution in [3.63, 3.8) is 0 Å². The van der Waals surface area contributed by atoms with Crippen LogP contribution >= 0.6 is 0 Å². The van der Waals surface area contributed by atoms with Crippen molar-refractivity contribution in [3.8, 4) is 5.75 Å². The number of fused-ring (bicyclic) bond motifs is 2. The molecule has 0 saturated carbocycles. The number of alkyl halides is 3. The van der Waals surface area contributed by atoms with Crippen LogP contribution in [0.3, 0.4) is 0 Å². The van der Waals surface area contributed by atoms with Gasteiger partial charge in [-0.2, -0.15) is 13.2 Å². The molecule has 1 heterocycles. The van der Waals surface area contributed by atoms with E-state index in [9.17, 15) is 23.1 Å². The molecule has 0 aliphatic carbocycles. The Labute approximate surface area is 124 Å². The van der Waals surface area contributed by atoms with Gasteiger partial charge in [-0.15, -0.1) is 0 Å². The molecule has 0 spiro atoms. The van der Waals surface area contributed by atoms with Gasteiger partial charge in [0.15, 0.2) is 0 Å². The lowest BCUT2D eigenvalue weighted by Crippen LogP contribution is -2.15. The van der Waals surface area contributed by atoms with E-state index in [1.54, 1.807) is 24.3 Å². The van der Waals surface area contributed by atoms with Gasteiger partial charge in [-0.05, 0) is 29.3 Å². The summed E-state index contributed by atoms with van der Waals surface area (Å²) in [4.78, 5) is 11.7. The Bertz CT molecular complexity index is 738. The number of ether oxygens (including phenoxy) is 1. The van der Waals surface area contributed by atoms with Gasteiger partial charge in [-0.25, -0.2) is 0 Å². The van der Waals surface area contributed by atoms with Crippen LogP contribution in [0, 0.1) is 0 Å². The summed E-state index contributed by atoms with van der Waals surface area (Å²) >= 11 is 0. The lowest BCUT2D eigenvalue weighted by Gasteiger charge is -2.16. The number of carbonyl (C=O) groups is 1. The maximum absolute atomic E-state index is 12.9. The van der Waals surface area contributed by atoms with E-state index in [0.29, 0.717) is 11.1 Å². The van der Waals surface area contributed by atoms with Crippen LogP contribution < -0.4 is 4.74 Å². The zero-order chi connectivity index (χ0) is 15.9. The number of benzene rings is 2. The van der Waals surface area contributed by atoms with E-state index in [-0.39, 0.29) is 17.9 Å². The van der Waals surface area contributed by atoms with E-state index in [0.717, 1.165) is 12.1 Å². The first kappa shape index (κ1) is 14.4. The molecule has 1 aliphatic rings. The molecule has 0 fully saturated rings. The third-order valence-electron chi connectivity index (χ3n) is 3.64. The van der Waals surface area contributed by atoms with Gasteiger partial charge < -0.3 is 9.84 Å². The fourth-order valence-corrected chi connectivity index (χ4v) is 2.62. The molecule has 1 N–H and O–H groups in total. The number of hydrogen-bond donors (Lipinski definition) is 1. The Morgan fingerprint density at radius 2 is 1.86 bits per heavy atom. The number of aliphatic carboxylic acids is 1. The molecule has 1 atom stereocenters. The molecule has 2 aromatic rings. The van der Waals surface area contributed by atoms with Crippen LogP contribution in [-0.4, -0.2) is 11.1 Å². The van der Waals surface area contributed by atoms with Gasteiger partial charge in [0.25, 0.3) is 0 Å². The minimum absolute atomic E-state index is 0.0206. The van der Waals surface area contributed by atoms with Gasteiger partial charge >= 0.3 is 12.1 Å². The minimum Gasteiger partial charge on any atom is -0.489 e. The van der Waals surface area contributed by atoms with Crippen molar-refractivity contribution in [1.82, 2.24) is 0 Å². The van der Waals surface area contributed by atoms with E-state index < -0.39 is 23.6 Å². The Kier molecular flexibility index (Phi) is 3.31. The van der Waals surface area contributed by atoms with E-state index in [1.807, 2.05) is 0 Å². The third kappa shape index (κ3) is 2.41. The summed E-state index contributed by atoms with van der Waals surface area (Å²) in [5.74, 6) is -2.23. The largest absolute Gasteiger partial charge is 0.489 e. The Morgan fingerprint density at radius 1 is 1.14 bits per heavy atom. The van der Waals surface area contributed by atoms with Crippen molar-refractivity contribution in [3.05, 3.63) is 64.7 Å². The number of hydrogen-bond acceptors (Lipinski definition) is 2. The first-order valence-electron chi connectivity index (χ1n) is 6.52. The van der Waals surface area contributed by atoms with E-state index >= 15 is 0 Å². The quantitative estimate of drug-likeness (QED) is 0.871. The highest BCUT2D eigenvalue weighted by molar-refractivity contribution is 5.82. The lowest BCUT2D eigenvalue weighted by molar-refractivity contribution is -0.139. The van der Waals surface area contributed by atoms with Crippen LogP contribution in [0.25, 0.3) is 0 Å². The summed E-state index contributed by atoms with van der Waals surface area (Å²) in [5.41, 5.74) is 0.237. The van der Waals surface area contributed by atoms with Gasteiger partial charge in [-0.1, -0.05) is 24.3 Å². The lowest BCUT2D eigenvalue weighted by atomic mass is 9.88. The second-order valence-electron chi connectivity index (χ2n) is 5.01. The minimum atomic E-state index is -4.54. The Balaban J connectivity index is 2.22. The van der Waals surface area contributed by atoms with Crippen LogP contribution in [-0.2, 0) is 17.6 Å². The number of carboxylic acids is 1. The number of rotatable bonds is 1. The van der Waals surface area contributed by atoms with Crippen molar-refractivity contribution in [2.75, 3.05) is 0 Å². The molecule has 6 heteroatoms. The summed E-state index contributed by atoms with van der Waals surface area (Å²) in [5, 5.41) is 9.51. The highest BCUT2D eigenvalue weighted by Crippen LogP contribution is 2.40. The average molecular weight is 308 g/mol. The average Bonchev–Trinajstić information content (AvgIpc) is 2.62. The summed E-state index contributed by atoms with van der Waals surface area (Å²) < 4.78 is 44.2. The fraction of sp³-hybridized carbons (Fsp3) is 0.188. The first-order chi connectivity index (χ1) is 10.4. The summed E-state index contributed by atoms with van der Waals surface area (Å²) in [7, 11) is 0. The number of carboxylic acid groups (broad SMARTS) is 1. The van der Waals surface area contributed by atoms with E-state index in [2.05, 4.69) is 0 Å². The van der Waals surface area contributed by atoms with Crippen molar-refractivity contribution in [1.29, 1.82) is 0 Å². The molecule has 1 unspecified atom stereocenters. The van der Waals surface area contributed by atoms with Gasteiger partial charge in [-0.3, -0.25) is 4.79 Å². The van der Waals surface area contributed by atoms with Gasteiger partial charge in [0.2, 0.25) is 0 Å². The normalized spacial score (nSPS) is 17.0. The molecule has 0 bridgehead atoms. The summed E-state index contributed by atoms with van der Waals surface area (Å²) in [6, 6.07) is 9.64. The Hall–Kier alpha value is -2.50. The summed E-state index contributed by atoms with van der Waals surface area (Å²) in [6.07, 6.45) is -4.54.